The van der Waals surface area contributed by atoms with Gasteiger partial charge in [-0.3, -0.25) is 4.79 Å². The number of para-hydroxylation sites is 1. The summed E-state index contributed by atoms with van der Waals surface area (Å²) in [6, 6.07) is 7.84. The highest BCUT2D eigenvalue weighted by molar-refractivity contribution is 6.01. The van der Waals surface area contributed by atoms with Gasteiger partial charge in [0.05, 0.1) is 0 Å². The second-order valence-corrected chi connectivity index (χ2v) is 3.47. The summed E-state index contributed by atoms with van der Waals surface area (Å²) < 4.78 is 0. The van der Waals surface area contributed by atoms with E-state index in [1.54, 1.807) is 0 Å². The Labute approximate surface area is 78.2 Å². The molecular formula is C11H13NO. The molecule has 1 aliphatic rings. The number of nitrogens with zero attached hydrogens (tertiary/aromatic N) is 1. The molecule has 0 radical (unpaired) electrons. The van der Waals surface area contributed by atoms with Crippen molar-refractivity contribution in [3.8, 4) is 0 Å². The van der Waals surface area contributed by atoms with Crippen molar-refractivity contribution in [2.45, 2.75) is 12.8 Å². The zero-order valence-corrected chi connectivity index (χ0v) is 7.79. The van der Waals surface area contributed by atoms with Gasteiger partial charge in [0.25, 0.3) is 0 Å². The molecule has 0 aromatic heterocycles. The number of benzene rings is 1. The first kappa shape index (κ1) is 8.30. The van der Waals surface area contributed by atoms with Crippen LogP contribution in [-0.4, -0.2) is 19.4 Å². The number of carbonyl (C=O) groups excluding carboxylic acids is 1. The molecule has 2 heteroatoms. The van der Waals surface area contributed by atoms with Crippen LogP contribution in [-0.2, 0) is 0 Å². The summed E-state index contributed by atoms with van der Waals surface area (Å²) in [5.41, 5.74) is 1.95. The fourth-order valence-corrected chi connectivity index (χ4v) is 1.77. The highest BCUT2D eigenvalue weighted by atomic mass is 16.1. The van der Waals surface area contributed by atoms with Crippen LogP contribution in [0.25, 0.3) is 0 Å². The second-order valence-electron chi connectivity index (χ2n) is 3.47. The van der Waals surface area contributed by atoms with E-state index in [9.17, 15) is 4.79 Å². The lowest BCUT2D eigenvalue weighted by Crippen LogP contribution is -2.17. The van der Waals surface area contributed by atoms with E-state index >= 15 is 0 Å². The summed E-state index contributed by atoms with van der Waals surface area (Å²) in [6.07, 6.45) is 1.64. The Morgan fingerprint density at radius 1 is 1.31 bits per heavy atom. The van der Waals surface area contributed by atoms with Gasteiger partial charge in [-0.2, -0.15) is 0 Å². The van der Waals surface area contributed by atoms with Gasteiger partial charge in [0.1, 0.15) is 0 Å². The molecule has 0 saturated carbocycles. The molecule has 2 nitrogen and oxygen atoms in total. The van der Waals surface area contributed by atoms with Gasteiger partial charge in [0.15, 0.2) is 5.78 Å². The van der Waals surface area contributed by atoms with Crippen LogP contribution in [0, 0.1) is 0 Å². The molecule has 1 heterocycles. The number of carbonyl (C=O) groups is 1. The van der Waals surface area contributed by atoms with Crippen LogP contribution in [0.2, 0.25) is 0 Å². The Morgan fingerprint density at radius 3 is 2.92 bits per heavy atom. The molecule has 0 bridgehead atoms. The maximum absolute atomic E-state index is 11.6. The normalized spacial score (nSPS) is 16.7. The molecule has 0 spiro atoms. The molecule has 2 rings (SSSR count). The molecule has 1 aromatic carbocycles. The third-order valence-electron chi connectivity index (χ3n) is 2.51. The van der Waals surface area contributed by atoms with Gasteiger partial charge in [0, 0.05) is 31.3 Å². The summed E-state index contributed by atoms with van der Waals surface area (Å²) in [6.45, 7) is 0.975. The lowest BCUT2D eigenvalue weighted by atomic mass is 10.1. The van der Waals surface area contributed by atoms with Crippen molar-refractivity contribution >= 4 is 11.5 Å². The second kappa shape index (κ2) is 3.21. The Bertz CT molecular complexity index is 333. The van der Waals surface area contributed by atoms with E-state index in [0.29, 0.717) is 6.42 Å². The third-order valence-corrected chi connectivity index (χ3v) is 2.51. The van der Waals surface area contributed by atoms with Crippen molar-refractivity contribution < 1.29 is 4.79 Å². The summed E-state index contributed by atoms with van der Waals surface area (Å²) in [5, 5.41) is 0. The van der Waals surface area contributed by atoms with E-state index in [-0.39, 0.29) is 5.78 Å². The first-order chi connectivity index (χ1) is 6.29. The average Bonchev–Trinajstić information content (AvgIpc) is 2.29. The van der Waals surface area contributed by atoms with Crippen molar-refractivity contribution in [1.82, 2.24) is 0 Å². The molecule has 1 aromatic rings. The van der Waals surface area contributed by atoms with Crippen molar-refractivity contribution in [3.63, 3.8) is 0 Å². The van der Waals surface area contributed by atoms with Gasteiger partial charge in [0.2, 0.25) is 0 Å². The monoisotopic (exact) mass is 175 g/mol. The molecule has 1 aliphatic heterocycles. The average molecular weight is 175 g/mol. The van der Waals surface area contributed by atoms with Crippen LogP contribution in [0.5, 0.6) is 0 Å². The summed E-state index contributed by atoms with van der Waals surface area (Å²) >= 11 is 0. The standard InChI is InChI=1S/C11H13NO/c1-12-8-4-7-11(13)9-5-2-3-6-10(9)12/h2-3,5-6H,4,7-8H2,1H3. The maximum Gasteiger partial charge on any atom is 0.165 e. The summed E-state index contributed by atoms with van der Waals surface area (Å²) in [4.78, 5) is 13.8. The third kappa shape index (κ3) is 1.44. The molecule has 0 saturated heterocycles. The van der Waals surface area contributed by atoms with Gasteiger partial charge < -0.3 is 4.90 Å². The van der Waals surface area contributed by atoms with Crippen LogP contribution >= 0.6 is 0 Å². The number of fused-ring (bicyclic) bond motifs is 1. The molecule has 0 unspecified atom stereocenters. The van der Waals surface area contributed by atoms with E-state index in [1.165, 1.54) is 0 Å². The highest BCUT2D eigenvalue weighted by Crippen LogP contribution is 2.24. The number of hydrogen-bond donors (Lipinski definition) is 0. The highest BCUT2D eigenvalue weighted by Gasteiger charge is 2.17. The topological polar surface area (TPSA) is 20.3 Å². The fraction of sp³-hybridized carbons (Fsp3) is 0.364. The van der Waals surface area contributed by atoms with Crippen molar-refractivity contribution in [1.29, 1.82) is 0 Å². The van der Waals surface area contributed by atoms with Gasteiger partial charge >= 0.3 is 0 Å². The minimum absolute atomic E-state index is 0.278. The Balaban J connectivity index is 2.51. The molecule has 0 atom stereocenters. The van der Waals surface area contributed by atoms with E-state index < -0.39 is 0 Å². The maximum atomic E-state index is 11.6. The number of rotatable bonds is 0. The van der Waals surface area contributed by atoms with Crippen LogP contribution < -0.4 is 4.90 Å². The Hall–Kier alpha value is -1.31. The SMILES string of the molecule is CN1CCCC(=O)c2ccccc21. The molecular weight excluding hydrogens is 162 g/mol. The lowest BCUT2D eigenvalue weighted by molar-refractivity contribution is 0.0984. The molecule has 0 aliphatic carbocycles. The largest absolute Gasteiger partial charge is 0.374 e. The minimum Gasteiger partial charge on any atom is -0.374 e. The zero-order chi connectivity index (χ0) is 9.26. The van der Waals surface area contributed by atoms with Gasteiger partial charge in [-0.25, -0.2) is 0 Å². The molecule has 68 valence electrons. The first-order valence-corrected chi connectivity index (χ1v) is 4.62. The molecule has 13 heavy (non-hydrogen) atoms. The summed E-state index contributed by atoms with van der Waals surface area (Å²) in [7, 11) is 2.04. The van der Waals surface area contributed by atoms with Crippen molar-refractivity contribution in [2.24, 2.45) is 0 Å². The van der Waals surface area contributed by atoms with E-state index in [2.05, 4.69) is 4.90 Å². The number of Topliss-reactive ketones (excluding diaryl/α,β-unsaturated/α-hetero) is 1. The fourth-order valence-electron chi connectivity index (χ4n) is 1.77. The minimum atomic E-state index is 0.278. The van der Waals surface area contributed by atoms with Gasteiger partial charge in [-0.15, -0.1) is 0 Å². The van der Waals surface area contributed by atoms with Crippen molar-refractivity contribution in [2.75, 3.05) is 18.5 Å². The van der Waals surface area contributed by atoms with E-state index in [1.807, 2.05) is 31.3 Å². The van der Waals surface area contributed by atoms with Crippen LogP contribution in [0.15, 0.2) is 24.3 Å². The van der Waals surface area contributed by atoms with E-state index in [0.717, 1.165) is 24.2 Å². The van der Waals surface area contributed by atoms with Crippen molar-refractivity contribution in [3.05, 3.63) is 29.8 Å². The lowest BCUT2D eigenvalue weighted by Gasteiger charge is -2.17. The predicted octanol–water partition coefficient (Wildman–Crippen LogP) is 2.10. The number of hydrogen-bond acceptors (Lipinski definition) is 2. The van der Waals surface area contributed by atoms with Crippen LogP contribution in [0.3, 0.4) is 0 Å². The Kier molecular flexibility index (Phi) is 2.05. The van der Waals surface area contributed by atoms with E-state index in [4.69, 9.17) is 0 Å². The first-order valence-electron chi connectivity index (χ1n) is 4.62. The number of anilines is 1. The summed E-state index contributed by atoms with van der Waals surface area (Å²) in [5.74, 6) is 0.278. The smallest absolute Gasteiger partial charge is 0.165 e. The quantitative estimate of drug-likeness (QED) is 0.601. The predicted molar refractivity (Wildman–Crippen MR) is 53.3 cm³/mol. The van der Waals surface area contributed by atoms with Gasteiger partial charge in [-0.1, -0.05) is 12.1 Å². The number of ketones is 1. The Morgan fingerprint density at radius 2 is 2.08 bits per heavy atom. The van der Waals surface area contributed by atoms with Crippen LogP contribution in [0.4, 0.5) is 5.69 Å². The molecule has 0 amide bonds. The zero-order valence-electron chi connectivity index (χ0n) is 7.79. The van der Waals surface area contributed by atoms with Gasteiger partial charge in [-0.05, 0) is 18.6 Å². The molecule has 0 fully saturated rings. The molecule has 0 N–H and O–H groups in total. The van der Waals surface area contributed by atoms with Crippen LogP contribution in [0.1, 0.15) is 23.2 Å².